The SMILES string of the molecule is CO[C@H]1CN(C(=O)OC(C)(C)C)CC1NCc1ccccc1F. The highest BCUT2D eigenvalue weighted by atomic mass is 19.1. The lowest BCUT2D eigenvalue weighted by Crippen LogP contribution is -2.40. The molecular weight excluding hydrogens is 299 g/mol. The molecule has 128 valence electrons. The Kier molecular flexibility index (Phi) is 5.59. The van der Waals surface area contributed by atoms with Gasteiger partial charge in [0.2, 0.25) is 0 Å². The maximum Gasteiger partial charge on any atom is 0.410 e. The average molecular weight is 324 g/mol. The van der Waals surface area contributed by atoms with Gasteiger partial charge >= 0.3 is 6.09 Å². The molecule has 0 aliphatic carbocycles. The summed E-state index contributed by atoms with van der Waals surface area (Å²) < 4.78 is 24.5. The van der Waals surface area contributed by atoms with Crippen molar-refractivity contribution in [2.24, 2.45) is 0 Å². The van der Waals surface area contributed by atoms with E-state index in [1.165, 1.54) is 6.07 Å². The fourth-order valence-corrected chi connectivity index (χ4v) is 2.57. The van der Waals surface area contributed by atoms with E-state index in [2.05, 4.69) is 5.32 Å². The molecule has 5 nitrogen and oxygen atoms in total. The van der Waals surface area contributed by atoms with E-state index >= 15 is 0 Å². The molecule has 2 rings (SSSR count). The van der Waals surface area contributed by atoms with Gasteiger partial charge in [0, 0.05) is 25.8 Å². The van der Waals surface area contributed by atoms with Gasteiger partial charge in [-0.05, 0) is 26.8 Å². The number of methoxy groups -OCH3 is 1. The quantitative estimate of drug-likeness (QED) is 0.925. The highest BCUT2D eigenvalue weighted by Gasteiger charge is 2.37. The van der Waals surface area contributed by atoms with Crippen molar-refractivity contribution in [3.05, 3.63) is 35.6 Å². The number of carbonyl (C=O) groups is 1. The fourth-order valence-electron chi connectivity index (χ4n) is 2.57. The Morgan fingerprint density at radius 1 is 1.35 bits per heavy atom. The number of nitrogens with one attached hydrogen (secondary N) is 1. The average Bonchev–Trinajstić information content (AvgIpc) is 2.88. The first-order valence-electron chi connectivity index (χ1n) is 7.77. The molecule has 0 aromatic heterocycles. The molecule has 1 aliphatic heterocycles. The van der Waals surface area contributed by atoms with Crippen LogP contribution in [0.4, 0.5) is 9.18 Å². The molecule has 0 radical (unpaired) electrons. The lowest BCUT2D eigenvalue weighted by molar-refractivity contribution is 0.0252. The van der Waals surface area contributed by atoms with Crippen molar-refractivity contribution < 1.29 is 18.7 Å². The second kappa shape index (κ2) is 7.27. The van der Waals surface area contributed by atoms with E-state index in [0.717, 1.165) is 0 Å². The van der Waals surface area contributed by atoms with Crippen LogP contribution in [0.3, 0.4) is 0 Å². The normalized spacial score (nSPS) is 21.5. The molecule has 2 atom stereocenters. The Hall–Kier alpha value is -1.66. The van der Waals surface area contributed by atoms with Gasteiger partial charge in [-0.1, -0.05) is 18.2 Å². The van der Waals surface area contributed by atoms with Crippen molar-refractivity contribution in [2.45, 2.75) is 45.1 Å². The summed E-state index contributed by atoms with van der Waals surface area (Å²) in [5.74, 6) is -0.240. The van der Waals surface area contributed by atoms with Gasteiger partial charge in [0.05, 0.1) is 18.7 Å². The van der Waals surface area contributed by atoms with Crippen molar-refractivity contribution in [1.82, 2.24) is 10.2 Å². The fraction of sp³-hybridized carbons (Fsp3) is 0.588. The molecule has 1 amide bonds. The van der Waals surface area contributed by atoms with Crippen LogP contribution in [0.15, 0.2) is 24.3 Å². The molecule has 1 unspecified atom stereocenters. The molecule has 1 fully saturated rings. The van der Waals surface area contributed by atoms with Gasteiger partial charge < -0.3 is 19.7 Å². The summed E-state index contributed by atoms with van der Waals surface area (Å²) in [6.45, 7) is 6.83. The molecule has 0 spiro atoms. The van der Waals surface area contributed by atoms with Crippen molar-refractivity contribution in [1.29, 1.82) is 0 Å². The lowest BCUT2D eigenvalue weighted by atomic mass is 10.1. The van der Waals surface area contributed by atoms with Crippen LogP contribution >= 0.6 is 0 Å². The number of likely N-dealkylation sites (tertiary alicyclic amines) is 1. The smallest absolute Gasteiger partial charge is 0.410 e. The van der Waals surface area contributed by atoms with Crippen LogP contribution in [0.1, 0.15) is 26.3 Å². The van der Waals surface area contributed by atoms with Crippen LogP contribution in [0.5, 0.6) is 0 Å². The zero-order chi connectivity index (χ0) is 17.0. The maximum atomic E-state index is 13.7. The Bertz CT molecular complexity index is 545. The zero-order valence-corrected chi connectivity index (χ0v) is 14.1. The van der Waals surface area contributed by atoms with Gasteiger partial charge in [-0.3, -0.25) is 0 Å². The Balaban J connectivity index is 1.94. The third-order valence-electron chi connectivity index (χ3n) is 3.73. The third-order valence-corrected chi connectivity index (χ3v) is 3.73. The topological polar surface area (TPSA) is 50.8 Å². The highest BCUT2D eigenvalue weighted by molar-refractivity contribution is 5.68. The van der Waals surface area contributed by atoms with Crippen molar-refractivity contribution >= 4 is 6.09 Å². The van der Waals surface area contributed by atoms with Crippen LogP contribution in [-0.4, -0.2) is 48.9 Å². The summed E-state index contributed by atoms with van der Waals surface area (Å²) in [7, 11) is 1.61. The standard InChI is InChI=1S/C17H25FN2O3/c1-17(2,3)23-16(21)20-10-14(15(11-20)22-4)19-9-12-7-5-6-8-13(12)18/h5-8,14-15,19H,9-11H2,1-4H3/t14?,15-/m0/s1. The number of ether oxygens (including phenoxy) is 2. The summed E-state index contributed by atoms with van der Waals surface area (Å²) in [5, 5.41) is 3.27. The van der Waals surface area contributed by atoms with Gasteiger partial charge in [-0.25, -0.2) is 9.18 Å². The summed E-state index contributed by atoms with van der Waals surface area (Å²) >= 11 is 0. The first-order valence-corrected chi connectivity index (χ1v) is 7.77. The number of amides is 1. The number of nitrogens with zero attached hydrogens (tertiary/aromatic N) is 1. The Labute approximate surface area is 136 Å². The van der Waals surface area contributed by atoms with Gasteiger partial charge in [0.15, 0.2) is 0 Å². The van der Waals surface area contributed by atoms with E-state index in [4.69, 9.17) is 9.47 Å². The molecule has 1 saturated heterocycles. The van der Waals surface area contributed by atoms with Crippen LogP contribution in [0.2, 0.25) is 0 Å². The minimum absolute atomic E-state index is 0.0628. The van der Waals surface area contributed by atoms with Gasteiger partial charge in [-0.2, -0.15) is 0 Å². The monoisotopic (exact) mass is 324 g/mol. The van der Waals surface area contributed by atoms with Crippen LogP contribution < -0.4 is 5.32 Å². The molecule has 1 aromatic rings. The van der Waals surface area contributed by atoms with Gasteiger partial charge in [0.1, 0.15) is 11.4 Å². The molecule has 0 bridgehead atoms. The van der Waals surface area contributed by atoms with Crippen LogP contribution in [0, 0.1) is 5.82 Å². The van der Waals surface area contributed by atoms with Crippen molar-refractivity contribution in [3.63, 3.8) is 0 Å². The molecule has 1 aliphatic rings. The predicted molar refractivity (Wildman–Crippen MR) is 85.6 cm³/mol. The summed E-state index contributed by atoms with van der Waals surface area (Å²) in [6.07, 6.45) is -0.496. The molecular formula is C17H25FN2O3. The van der Waals surface area contributed by atoms with Gasteiger partial charge in [0.25, 0.3) is 0 Å². The molecule has 6 heteroatoms. The molecule has 1 heterocycles. The molecule has 1 N–H and O–H groups in total. The van der Waals surface area contributed by atoms with Gasteiger partial charge in [-0.15, -0.1) is 0 Å². The van der Waals surface area contributed by atoms with E-state index in [0.29, 0.717) is 25.2 Å². The van der Waals surface area contributed by atoms with Crippen LogP contribution in [0.25, 0.3) is 0 Å². The second-order valence-corrected chi connectivity index (χ2v) is 6.74. The van der Waals surface area contributed by atoms with E-state index in [-0.39, 0.29) is 24.1 Å². The largest absolute Gasteiger partial charge is 0.444 e. The number of rotatable bonds is 4. The van der Waals surface area contributed by atoms with E-state index in [9.17, 15) is 9.18 Å². The number of benzene rings is 1. The Morgan fingerprint density at radius 2 is 2.04 bits per heavy atom. The second-order valence-electron chi connectivity index (χ2n) is 6.74. The maximum absolute atomic E-state index is 13.7. The third kappa shape index (κ3) is 4.91. The number of carbonyl (C=O) groups excluding carboxylic acids is 1. The number of halogens is 1. The lowest BCUT2D eigenvalue weighted by Gasteiger charge is -2.24. The van der Waals surface area contributed by atoms with E-state index < -0.39 is 5.60 Å². The van der Waals surface area contributed by atoms with E-state index in [1.807, 2.05) is 20.8 Å². The molecule has 1 aromatic carbocycles. The first-order chi connectivity index (χ1) is 10.8. The first kappa shape index (κ1) is 17.7. The van der Waals surface area contributed by atoms with Crippen molar-refractivity contribution in [2.75, 3.05) is 20.2 Å². The predicted octanol–water partition coefficient (Wildman–Crippen LogP) is 2.55. The van der Waals surface area contributed by atoms with Crippen molar-refractivity contribution in [3.8, 4) is 0 Å². The number of hydrogen-bond donors (Lipinski definition) is 1. The van der Waals surface area contributed by atoms with Crippen LogP contribution in [-0.2, 0) is 16.0 Å². The molecule has 0 saturated carbocycles. The minimum atomic E-state index is -0.529. The zero-order valence-electron chi connectivity index (χ0n) is 14.1. The number of hydrogen-bond acceptors (Lipinski definition) is 4. The van der Waals surface area contributed by atoms with E-state index in [1.54, 1.807) is 30.2 Å². The molecule has 23 heavy (non-hydrogen) atoms. The minimum Gasteiger partial charge on any atom is -0.444 e. The summed E-state index contributed by atoms with van der Waals surface area (Å²) in [6, 6.07) is 6.58. The Morgan fingerprint density at radius 3 is 2.65 bits per heavy atom. The summed E-state index contributed by atoms with van der Waals surface area (Å²) in [4.78, 5) is 13.8. The highest BCUT2D eigenvalue weighted by Crippen LogP contribution is 2.18. The summed E-state index contributed by atoms with van der Waals surface area (Å²) in [5.41, 5.74) is 0.0660.